The number of piperidine rings is 1. The van der Waals surface area contributed by atoms with Gasteiger partial charge in [0, 0.05) is 19.6 Å². The van der Waals surface area contributed by atoms with Crippen molar-refractivity contribution >= 4 is 33.3 Å². The molecule has 1 aromatic rings. The van der Waals surface area contributed by atoms with Crippen molar-refractivity contribution in [2.24, 2.45) is 5.92 Å². The molecule has 1 aliphatic rings. The van der Waals surface area contributed by atoms with Crippen LogP contribution < -0.4 is 16.2 Å². The molecule has 1 atom stereocenters. The lowest BCUT2D eigenvalue weighted by molar-refractivity contribution is -0.126. The monoisotopic (exact) mass is 398 g/mol. The molecule has 3 N–H and O–H groups in total. The van der Waals surface area contributed by atoms with Crippen LogP contribution >= 0.6 is 12.2 Å². The summed E-state index contributed by atoms with van der Waals surface area (Å²) >= 11 is 5.15. The number of hydrogen-bond donors (Lipinski definition) is 3. The zero-order valence-corrected chi connectivity index (χ0v) is 16.5. The molecular formula is C17H26N4O3S2. The molecule has 1 saturated heterocycles. The van der Waals surface area contributed by atoms with Crippen LogP contribution in [0.2, 0.25) is 0 Å². The van der Waals surface area contributed by atoms with E-state index in [0.29, 0.717) is 31.0 Å². The van der Waals surface area contributed by atoms with Crippen LogP contribution in [0.5, 0.6) is 0 Å². The van der Waals surface area contributed by atoms with Gasteiger partial charge in [0.25, 0.3) is 0 Å². The Kier molecular flexibility index (Phi) is 7.80. The Bertz CT molecular complexity index is 710. The van der Waals surface area contributed by atoms with E-state index < -0.39 is 10.0 Å². The van der Waals surface area contributed by atoms with Crippen molar-refractivity contribution in [2.75, 3.05) is 25.4 Å². The van der Waals surface area contributed by atoms with Crippen molar-refractivity contribution in [1.82, 2.24) is 20.5 Å². The number of amides is 1. The van der Waals surface area contributed by atoms with Crippen LogP contribution in [0.1, 0.15) is 25.3 Å². The van der Waals surface area contributed by atoms with Gasteiger partial charge in [0.2, 0.25) is 15.9 Å². The van der Waals surface area contributed by atoms with Gasteiger partial charge in [0.1, 0.15) is 0 Å². The first-order valence-corrected chi connectivity index (χ1v) is 10.8. The Labute approximate surface area is 160 Å². The summed E-state index contributed by atoms with van der Waals surface area (Å²) in [6, 6.07) is 10.0. The molecule has 1 aromatic carbocycles. The predicted molar refractivity (Wildman–Crippen MR) is 106 cm³/mol. The number of nitrogens with one attached hydrogen (secondary N) is 3. The molecule has 0 spiro atoms. The topological polar surface area (TPSA) is 90.5 Å². The Hall–Kier alpha value is -1.71. The summed E-state index contributed by atoms with van der Waals surface area (Å²) in [5.74, 6) is -0.562. The van der Waals surface area contributed by atoms with Gasteiger partial charge in [-0.25, -0.2) is 12.7 Å². The van der Waals surface area contributed by atoms with Crippen LogP contribution in [0, 0.1) is 5.92 Å². The fourth-order valence-corrected chi connectivity index (χ4v) is 4.15. The molecule has 0 saturated carbocycles. The smallest absolute Gasteiger partial charge is 0.242 e. The highest BCUT2D eigenvalue weighted by molar-refractivity contribution is 7.89. The van der Waals surface area contributed by atoms with E-state index in [2.05, 4.69) is 16.2 Å². The van der Waals surface area contributed by atoms with E-state index in [1.54, 1.807) is 6.92 Å². The summed E-state index contributed by atoms with van der Waals surface area (Å²) in [6.07, 6.45) is 2.16. The minimum Gasteiger partial charge on any atom is -0.361 e. The zero-order valence-electron chi connectivity index (χ0n) is 14.9. The first-order valence-electron chi connectivity index (χ1n) is 8.78. The average molecular weight is 399 g/mol. The van der Waals surface area contributed by atoms with Gasteiger partial charge >= 0.3 is 0 Å². The number of carbonyl (C=O) groups excluding carboxylic acids is 1. The molecule has 0 unspecified atom stereocenters. The standard InChI is InChI=1S/C17H26N4O3S2/c1-2-26(23,24)21-12-6-9-15(13-21)16(22)19-20-17(25)18-11-10-14-7-4-3-5-8-14/h3-5,7-8,15H,2,6,9-13H2,1H3,(H,19,22)(H2,18,20,25)/t15-/m1/s1. The average Bonchev–Trinajstić information content (AvgIpc) is 2.67. The minimum absolute atomic E-state index is 0.0506. The van der Waals surface area contributed by atoms with Crippen molar-refractivity contribution in [2.45, 2.75) is 26.2 Å². The van der Waals surface area contributed by atoms with Crippen LogP contribution in [0.4, 0.5) is 0 Å². The summed E-state index contributed by atoms with van der Waals surface area (Å²) < 4.78 is 25.3. The third-order valence-corrected chi connectivity index (χ3v) is 6.45. The van der Waals surface area contributed by atoms with Gasteiger partial charge in [-0.3, -0.25) is 15.6 Å². The summed E-state index contributed by atoms with van der Waals surface area (Å²) in [5.41, 5.74) is 6.46. The maximum absolute atomic E-state index is 12.3. The van der Waals surface area contributed by atoms with Crippen LogP contribution in [-0.4, -0.2) is 49.1 Å². The summed E-state index contributed by atoms with van der Waals surface area (Å²) in [6.45, 7) is 2.96. The maximum Gasteiger partial charge on any atom is 0.242 e. The first kappa shape index (κ1) is 20.6. The molecule has 1 aliphatic heterocycles. The Morgan fingerprint density at radius 2 is 2.00 bits per heavy atom. The van der Waals surface area contributed by atoms with Crippen molar-refractivity contribution < 1.29 is 13.2 Å². The van der Waals surface area contributed by atoms with E-state index in [0.717, 1.165) is 6.42 Å². The van der Waals surface area contributed by atoms with Crippen molar-refractivity contribution in [3.63, 3.8) is 0 Å². The van der Waals surface area contributed by atoms with Crippen molar-refractivity contribution in [1.29, 1.82) is 0 Å². The molecule has 7 nitrogen and oxygen atoms in total. The molecule has 2 rings (SSSR count). The molecule has 1 fully saturated rings. The van der Waals surface area contributed by atoms with Crippen molar-refractivity contribution in [3.8, 4) is 0 Å². The van der Waals surface area contributed by atoms with Gasteiger partial charge in [-0.15, -0.1) is 0 Å². The van der Waals surface area contributed by atoms with E-state index in [4.69, 9.17) is 12.2 Å². The molecule has 1 amide bonds. The van der Waals surface area contributed by atoms with Gasteiger partial charge in [-0.2, -0.15) is 0 Å². The predicted octanol–water partition coefficient (Wildman–Crippen LogP) is 0.786. The van der Waals surface area contributed by atoms with E-state index in [-0.39, 0.29) is 24.1 Å². The first-order chi connectivity index (χ1) is 12.4. The van der Waals surface area contributed by atoms with Crippen LogP contribution in [0.15, 0.2) is 30.3 Å². The summed E-state index contributed by atoms with van der Waals surface area (Å²) in [7, 11) is -3.26. The molecule has 0 radical (unpaired) electrons. The second kappa shape index (κ2) is 9.84. The summed E-state index contributed by atoms with van der Waals surface area (Å²) in [5, 5.41) is 3.37. The second-order valence-electron chi connectivity index (χ2n) is 6.20. The van der Waals surface area contributed by atoms with Gasteiger partial charge < -0.3 is 5.32 Å². The number of thiocarbonyl (C=S) groups is 1. The largest absolute Gasteiger partial charge is 0.361 e. The van der Waals surface area contributed by atoms with Gasteiger partial charge in [0.15, 0.2) is 5.11 Å². The molecule has 0 aliphatic carbocycles. The molecule has 0 aromatic heterocycles. The van der Waals surface area contributed by atoms with Gasteiger partial charge in [0.05, 0.1) is 11.7 Å². The van der Waals surface area contributed by atoms with Crippen LogP contribution in [-0.2, 0) is 21.2 Å². The highest BCUT2D eigenvalue weighted by atomic mass is 32.2. The molecule has 9 heteroatoms. The number of nitrogens with zero attached hydrogens (tertiary/aromatic N) is 1. The SMILES string of the molecule is CCS(=O)(=O)N1CCC[C@@H](C(=O)NNC(=S)NCCc2ccccc2)C1. The number of rotatable bonds is 6. The Balaban J connectivity index is 1.71. The molecule has 1 heterocycles. The third kappa shape index (κ3) is 6.22. The van der Waals surface area contributed by atoms with E-state index >= 15 is 0 Å². The Morgan fingerprint density at radius 3 is 2.69 bits per heavy atom. The highest BCUT2D eigenvalue weighted by Gasteiger charge is 2.31. The second-order valence-corrected chi connectivity index (χ2v) is 8.87. The number of carbonyl (C=O) groups is 1. The van der Waals surface area contributed by atoms with Crippen LogP contribution in [0.3, 0.4) is 0 Å². The Morgan fingerprint density at radius 1 is 1.27 bits per heavy atom. The molecule has 144 valence electrons. The fraction of sp³-hybridized carbons (Fsp3) is 0.529. The lowest BCUT2D eigenvalue weighted by Gasteiger charge is -2.30. The maximum atomic E-state index is 12.3. The third-order valence-electron chi connectivity index (χ3n) is 4.35. The van der Waals surface area contributed by atoms with Gasteiger partial charge in [-0.05, 0) is 44.0 Å². The number of hydrogen-bond acceptors (Lipinski definition) is 4. The summed E-state index contributed by atoms with van der Waals surface area (Å²) in [4.78, 5) is 12.3. The van der Waals surface area contributed by atoms with Gasteiger partial charge in [-0.1, -0.05) is 30.3 Å². The highest BCUT2D eigenvalue weighted by Crippen LogP contribution is 2.19. The van der Waals surface area contributed by atoms with Crippen molar-refractivity contribution in [3.05, 3.63) is 35.9 Å². The molecule has 0 bridgehead atoms. The zero-order chi connectivity index (χ0) is 19.0. The lowest BCUT2D eigenvalue weighted by Crippen LogP contribution is -2.52. The number of hydrazine groups is 1. The molecule has 26 heavy (non-hydrogen) atoms. The quantitative estimate of drug-likeness (QED) is 0.485. The fourth-order valence-electron chi connectivity index (χ4n) is 2.82. The van der Waals surface area contributed by atoms with E-state index in [9.17, 15) is 13.2 Å². The number of sulfonamides is 1. The van der Waals surface area contributed by atoms with E-state index in [1.807, 2.05) is 30.3 Å². The normalized spacial score (nSPS) is 18.1. The number of benzene rings is 1. The van der Waals surface area contributed by atoms with Crippen LogP contribution in [0.25, 0.3) is 0 Å². The molecular weight excluding hydrogens is 372 g/mol. The van der Waals surface area contributed by atoms with E-state index in [1.165, 1.54) is 9.87 Å². The lowest BCUT2D eigenvalue weighted by atomic mass is 9.99. The minimum atomic E-state index is -3.26.